The molecule has 1 unspecified atom stereocenters. The van der Waals surface area contributed by atoms with E-state index in [4.69, 9.17) is 9.47 Å². The molecule has 0 saturated carbocycles. The molecule has 0 amide bonds. The second-order valence-corrected chi connectivity index (χ2v) is 3.44. The molecule has 0 heterocycles. The average molecular weight is 194 g/mol. The monoisotopic (exact) mass is 194 g/mol. The zero-order valence-electron chi connectivity index (χ0n) is 9.07. The third-order valence-corrected chi connectivity index (χ3v) is 2.39. The van der Waals surface area contributed by atoms with E-state index in [1.165, 1.54) is 5.56 Å². The van der Waals surface area contributed by atoms with E-state index in [0.29, 0.717) is 6.61 Å². The fourth-order valence-electron chi connectivity index (χ4n) is 1.13. The summed E-state index contributed by atoms with van der Waals surface area (Å²) in [6.45, 7) is 4.68. The Morgan fingerprint density at radius 1 is 1.07 bits per heavy atom. The Morgan fingerprint density at radius 2 is 1.71 bits per heavy atom. The maximum atomic E-state index is 5.66. The fraction of sp³-hybridized carbons (Fsp3) is 0.500. The van der Waals surface area contributed by atoms with Crippen molar-refractivity contribution in [3.8, 4) is 0 Å². The van der Waals surface area contributed by atoms with Crippen molar-refractivity contribution in [3.63, 3.8) is 0 Å². The number of ether oxygens (including phenoxy) is 2. The first-order valence-electron chi connectivity index (χ1n) is 4.92. The Kier molecular flexibility index (Phi) is 4.63. The second-order valence-electron chi connectivity index (χ2n) is 3.44. The Labute approximate surface area is 85.8 Å². The lowest BCUT2D eigenvalue weighted by Gasteiger charge is -2.18. The maximum absolute atomic E-state index is 5.66. The summed E-state index contributed by atoms with van der Waals surface area (Å²) in [4.78, 5) is 0. The normalized spacial score (nSPS) is 15.1. The van der Waals surface area contributed by atoms with Gasteiger partial charge in [0.2, 0.25) is 0 Å². The van der Waals surface area contributed by atoms with Crippen LogP contribution in [-0.2, 0) is 16.1 Å². The van der Waals surface area contributed by atoms with Gasteiger partial charge in [-0.25, -0.2) is 0 Å². The standard InChI is InChI=1S/C12H18O2/c1-10(13-3)11(2)14-9-12-7-5-4-6-8-12/h4-8,10-11H,9H2,1-3H3/t10?,11-/m1/s1. The molecule has 1 rings (SSSR count). The van der Waals surface area contributed by atoms with E-state index >= 15 is 0 Å². The quantitative estimate of drug-likeness (QED) is 0.717. The van der Waals surface area contributed by atoms with E-state index in [-0.39, 0.29) is 12.2 Å². The molecule has 0 bridgehead atoms. The molecule has 2 heteroatoms. The lowest BCUT2D eigenvalue weighted by Crippen LogP contribution is -2.24. The molecule has 0 aliphatic heterocycles. The molecule has 0 spiro atoms. The minimum atomic E-state index is 0.125. The smallest absolute Gasteiger partial charge is 0.0810 e. The Hall–Kier alpha value is -0.860. The highest BCUT2D eigenvalue weighted by Gasteiger charge is 2.10. The van der Waals surface area contributed by atoms with Crippen LogP contribution in [0.3, 0.4) is 0 Å². The van der Waals surface area contributed by atoms with Crippen LogP contribution in [0.25, 0.3) is 0 Å². The van der Waals surface area contributed by atoms with Crippen molar-refractivity contribution in [1.29, 1.82) is 0 Å². The summed E-state index contributed by atoms with van der Waals surface area (Å²) in [7, 11) is 1.70. The molecule has 0 aromatic heterocycles. The number of benzene rings is 1. The van der Waals surface area contributed by atoms with Gasteiger partial charge in [-0.1, -0.05) is 30.3 Å². The van der Waals surface area contributed by atoms with Crippen LogP contribution in [0.2, 0.25) is 0 Å². The van der Waals surface area contributed by atoms with Gasteiger partial charge in [-0.05, 0) is 19.4 Å². The lowest BCUT2D eigenvalue weighted by atomic mass is 10.2. The molecule has 0 radical (unpaired) electrons. The molecule has 0 aliphatic rings. The minimum Gasteiger partial charge on any atom is -0.379 e. The van der Waals surface area contributed by atoms with Gasteiger partial charge in [0.1, 0.15) is 0 Å². The van der Waals surface area contributed by atoms with Crippen LogP contribution in [0.5, 0.6) is 0 Å². The van der Waals surface area contributed by atoms with Crippen LogP contribution < -0.4 is 0 Å². The van der Waals surface area contributed by atoms with Crippen molar-refractivity contribution in [2.45, 2.75) is 32.7 Å². The Balaban J connectivity index is 2.34. The summed E-state index contributed by atoms with van der Waals surface area (Å²) >= 11 is 0. The molecule has 0 aliphatic carbocycles. The number of hydrogen-bond acceptors (Lipinski definition) is 2. The summed E-state index contributed by atoms with van der Waals surface area (Å²) in [6.07, 6.45) is 0.263. The maximum Gasteiger partial charge on any atom is 0.0810 e. The Morgan fingerprint density at radius 3 is 2.29 bits per heavy atom. The summed E-state index contributed by atoms with van der Waals surface area (Å²) in [5.41, 5.74) is 1.20. The SMILES string of the molecule is COC(C)[C@@H](C)OCc1ccccc1. The van der Waals surface area contributed by atoms with Gasteiger partial charge in [-0.2, -0.15) is 0 Å². The molecule has 14 heavy (non-hydrogen) atoms. The van der Waals surface area contributed by atoms with E-state index in [1.54, 1.807) is 7.11 Å². The van der Waals surface area contributed by atoms with Gasteiger partial charge in [0.25, 0.3) is 0 Å². The Bertz CT molecular complexity index is 246. The zero-order chi connectivity index (χ0) is 10.4. The molecule has 0 N–H and O–H groups in total. The van der Waals surface area contributed by atoms with Crippen molar-refractivity contribution in [1.82, 2.24) is 0 Å². The fourth-order valence-corrected chi connectivity index (χ4v) is 1.13. The highest BCUT2D eigenvalue weighted by atomic mass is 16.5. The summed E-state index contributed by atoms with van der Waals surface area (Å²) in [6, 6.07) is 10.2. The molecule has 0 fully saturated rings. The van der Waals surface area contributed by atoms with Crippen molar-refractivity contribution in [2.75, 3.05) is 7.11 Å². The van der Waals surface area contributed by atoms with Crippen LogP contribution in [0.1, 0.15) is 19.4 Å². The first-order valence-corrected chi connectivity index (χ1v) is 4.92. The van der Waals surface area contributed by atoms with Crippen LogP contribution in [0.15, 0.2) is 30.3 Å². The van der Waals surface area contributed by atoms with Crippen molar-refractivity contribution in [3.05, 3.63) is 35.9 Å². The van der Waals surface area contributed by atoms with Crippen molar-refractivity contribution < 1.29 is 9.47 Å². The van der Waals surface area contributed by atoms with E-state index in [1.807, 2.05) is 32.0 Å². The molecule has 78 valence electrons. The molecule has 0 saturated heterocycles. The zero-order valence-corrected chi connectivity index (χ0v) is 9.07. The third kappa shape index (κ3) is 3.48. The second kappa shape index (κ2) is 5.78. The summed E-state index contributed by atoms with van der Waals surface area (Å²) < 4.78 is 10.8. The predicted octanol–water partition coefficient (Wildman–Crippen LogP) is 2.63. The van der Waals surface area contributed by atoms with Gasteiger partial charge < -0.3 is 9.47 Å². The molecular formula is C12H18O2. The molecular weight excluding hydrogens is 176 g/mol. The van der Waals surface area contributed by atoms with Gasteiger partial charge in [0.15, 0.2) is 0 Å². The molecule has 2 nitrogen and oxygen atoms in total. The third-order valence-electron chi connectivity index (χ3n) is 2.39. The molecule has 2 atom stereocenters. The lowest BCUT2D eigenvalue weighted by molar-refractivity contribution is -0.0455. The van der Waals surface area contributed by atoms with E-state index in [2.05, 4.69) is 12.1 Å². The summed E-state index contributed by atoms with van der Waals surface area (Å²) in [5.74, 6) is 0. The van der Waals surface area contributed by atoms with Crippen LogP contribution in [-0.4, -0.2) is 19.3 Å². The number of methoxy groups -OCH3 is 1. The number of hydrogen-bond donors (Lipinski definition) is 0. The van der Waals surface area contributed by atoms with Crippen LogP contribution in [0, 0.1) is 0 Å². The van der Waals surface area contributed by atoms with Gasteiger partial charge >= 0.3 is 0 Å². The van der Waals surface area contributed by atoms with Crippen molar-refractivity contribution in [2.24, 2.45) is 0 Å². The predicted molar refractivity (Wildman–Crippen MR) is 57.2 cm³/mol. The molecule has 1 aromatic carbocycles. The number of rotatable bonds is 5. The highest BCUT2D eigenvalue weighted by Crippen LogP contribution is 2.07. The van der Waals surface area contributed by atoms with Crippen LogP contribution >= 0.6 is 0 Å². The van der Waals surface area contributed by atoms with Gasteiger partial charge in [0, 0.05) is 7.11 Å². The van der Waals surface area contributed by atoms with Gasteiger partial charge in [-0.15, -0.1) is 0 Å². The highest BCUT2D eigenvalue weighted by molar-refractivity contribution is 5.13. The largest absolute Gasteiger partial charge is 0.379 e. The van der Waals surface area contributed by atoms with Crippen LogP contribution in [0.4, 0.5) is 0 Å². The topological polar surface area (TPSA) is 18.5 Å². The van der Waals surface area contributed by atoms with E-state index < -0.39 is 0 Å². The van der Waals surface area contributed by atoms with E-state index in [9.17, 15) is 0 Å². The van der Waals surface area contributed by atoms with Gasteiger partial charge in [0.05, 0.1) is 18.8 Å². The average Bonchev–Trinajstić information content (AvgIpc) is 2.26. The molecule has 1 aromatic rings. The first-order chi connectivity index (χ1) is 6.74. The van der Waals surface area contributed by atoms with Crippen molar-refractivity contribution >= 4 is 0 Å². The minimum absolute atomic E-state index is 0.125. The van der Waals surface area contributed by atoms with E-state index in [0.717, 1.165) is 0 Å². The summed E-state index contributed by atoms with van der Waals surface area (Å²) in [5, 5.41) is 0. The van der Waals surface area contributed by atoms with Gasteiger partial charge in [-0.3, -0.25) is 0 Å². The first kappa shape index (κ1) is 11.2.